The Balaban J connectivity index is 0.00000289. The van der Waals surface area contributed by atoms with E-state index in [4.69, 9.17) is 13.8 Å². The van der Waals surface area contributed by atoms with Gasteiger partial charge in [-0.05, 0) is 64.0 Å². The lowest BCUT2D eigenvalue weighted by atomic mass is 10.2. The topological polar surface area (TPSA) is 78.8 Å². The van der Waals surface area contributed by atoms with E-state index in [9.17, 15) is 0 Å². The molecule has 7 nitrogen and oxygen atoms in total. The normalized spacial score (nSPS) is 15.4. The monoisotopic (exact) mass is 549 g/mol. The summed E-state index contributed by atoms with van der Waals surface area (Å²) in [6, 6.07) is 14.2. The van der Waals surface area contributed by atoms with Gasteiger partial charge in [0.05, 0.1) is 12.6 Å². The summed E-state index contributed by atoms with van der Waals surface area (Å²) in [5.41, 5.74) is 1.76. The first-order valence-corrected chi connectivity index (χ1v) is 11.1. The molecule has 0 spiro atoms. The van der Waals surface area contributed by atoms with E-state index in [2.05, 4.69) is 33.5 Å². The quantitative estimate of drug-likeness (QED) is 0.240. The number of aryl methyl sites for hydroxylation is 1. The fourth-order valence-corrected chi connectivity index (χ4v) is 3.88. The van der Waals surface area contributed by atoms with Crippen molar-refractivity contribution in [2.45, 2.75) is 39.3 Å². The molecule has 1 aromatic carbocycles. The summed E-state index contributed by atoms with van der Waals surface area (Å²) < 4.78 is 11.6. The van der Waals surface area contributed by atoms with Gasteiger partial charge in [0.2, 0.25) is 5.89 Å². The van der Waals surface area contributed by atoms with E-state index >= 15 is 0 Å². The van der Waals surface area contributed by atoms with Crippen molar-refractivity contribution in [3.63, 3.8) is 0 Å². The maximum Gasteiger partial charge on any atom is 0.226 e. The minimum atomic E-state index is 0. The van der Waals surface area contributed by atoms with Crippen LogP contribution in [0.2, 0.25) is 0 Å². The Morgan fingerprint density at radius 1 is 1.12 bits per heavy atom. The maximum absolute atomic E-state index is 5.96. The number of benzene rings is 1. The molecule has 0 radical (unpaired) electrons. The Morgan fingerprint density at radius 2 is 1.91 bits per heavy atom. The van der Waals surface area contributed by atoms with E-state index in [0.717, 1.165) is 54.9 Å². The Labute approximate surface area is 206 Å². The molecule has 1 aliphatic rings. The Bertz CT molecular complexity index is 979. The fourth-order valence-electron chi connectivity index (χ4n) is 3.88. The van der Waals surface area contributed by atoms with Crippen LogP contribution in [0.15, 0.2) is 62.6 Å². The lowest BCUT2D eigenvalue weighted by Crippen LogP contribution is -2.42. The van der Waals surface area contributed by atoms with Crippen molar-refractivity contribution in [1.82, 2.24) is 20.5 Å². The zero-order chi connectivity index (χ0) is 21.5. The van der Waals surface area contributed by atoms with Gasteiger partial charge >= 0.3 is 0 Å². The first-order valence-electron chi connectivity index (χ1n) is 11.1. The van der Waals surface area contributed by atoms with Crippen LogP contribution in [0, 0.1) is 6.92 Å². The minimum absolute atomic E-state index is 0. The van der Waals surface area contributed by atoms with E-state index in [0.29, 0.717) is 12.4 Å². The van der Waals surface area contributed by atoms with Crippen molar-refractivity contribution in [3.05, 3.63) is 65.9 Å². The van der Waals surface area contributed by atoms with E-state index in [1.54, 1.807) is 6.26 Å². The summed E-state index contributed by atoms with van der Waals surface area (Å²) in [5.74, 6) is 3.33. The molecule has 0 bridgehead atoms. The number of oxazole rings is 1. The number of hydrogen-bond acceptors (Lipinski definition) is 5. The number of nitrogens with one attached hydrogen (secondary N) is 2. The molecule has 4 rings (SSSR count). The highest BCUT2D eigenvalue weighted by Crippen LogP contribution is 2.26. The summed E-state index contributed by atoms with van der Waals surface area (Å²) >= 11 is 0. The number of hydrogen-bond donors (Lipinski definition) is 2. The highest BCUT2D eigenvalue weighted by Gasteiger charge is 2.26. The van der Waals surface area contributed by atoms with Crippen molar-refractivity contribution in [2.75, 3.05) is 26.2 Å². The predicted octanol–water partition coefficient (Wildman–Crippen LogP) is 4.75. The summed E-state index contributed by atoms with van der Waals surface area (Å²) in [6.07, 6.45) is 4.15. The molecule has 1 atom stereocenters. The zero-order valence-corrected chi connectivity index (χ0v) is 21.0. The van der Waals surface area contributed by atoms with Crippen molar-refractivity contribution >= 4 is 29.9 Å². The average molecular weight is 549 g/mol. The number of guanidine groups is 1. The van der Waals surface area contributed by atoms with Crippen LogP contribution >= 0.6 is 24.0 Å². The molecule has 3 aromatic rings. The van der Waals surface area contributed by atoms with Crippen LogP contribution in [0.5, 0.6) is 0 Å². The van der Waals surface area contributed by atoms with Crippen molar-refractivity contribution in [3.8, 4) is 11.5 Å². The van der Waals surface area contributed by atoms with Gasteiger partial charge in [0.15, 0.2) is 5.96 Å². The van der Waals surface area contributed by atoms with Gasteiger partial charge in [-0.25, -0.2) is 9.98 Å². The molecule has 32 heavy (non-hydrogen) atoms. The standard InChI is InChI=1S/C24H31N5O2.HI/c1-3-25-24(26-15-20-17-30-23(28-20)19-9-5-4-6-10-19)27-16-21(29-13-7-8-14-29)22-12-11-18(2)31-22;/h4-6,9-12,17,21H,3,7-8,13-16H2,1-2H3,(H2,25,26,27);1H. The van der Waals surface area contributed by atoms with E-state index in [-0.39, 0.29) is 30.0 Å². The van der Waals surface area contributed by atoms with E-state index < -0.39 is 0 Å². The number of aromatic nitrogens is 1. The second kappa shape index (κ2) is 12.1. The molecule has 172 valence electrons. The molecular formula is C24H32IN5O2. The number of rotatable bonds is 8. The van der Waals surface area contributed by atoms with Gasteiger partial charge in [0, 0.05) is 18.7 Å². The number of aliphatic imine (C=N–C) groups is 1. The third kappa shape index (κ3) is 6.35. The van der Waals surface area contributed by atoms with Crippen LogP contribution in [-0.4, -0.2) is 42.0 Å². The number of nitrogens with zero attached hydrogens (tertiary/aromatic N) is 3. The van der Waals surface area contributed by atoms with Crippen molar-refractivity contribution in [2.24, 2.45) is 4.99 Å². The van der Waals surface area contributed by atoms with Gasteiger partial charge in [0.25, 0.3) is 0 Å². The third-order valence-electron chi connectivity index (χ3n) is 5.45. The Morgan fingerprint density at radius 3 is 2.59 bits per heavy atom. The molecule has 2 N–H and O–H groups in total. The predicted molar refractivity (Wildman–Crippen MR) is 137 cm³/mol. The number of furan rings is 1. The minimum Gasteiger partial charge on any atom is -0.465 e. The van der Waals surface area contributed by atoms with Gasteiger partial charge in [-0.2, -0.15) is 0 Å². The molecule has 1 fully saturated rings. The molecule has 1 saturated heterocycles. The van der Waals surface area contributed by atoms with Gasteiger partial charge in [-0.3, -0.25) is 4.90 Å². The molecule has 1 aliphatic heterocycles. The molecule has 0 aliphatic carbocycles. The summed E-state index contributed by atoms with van der Waals surface area (Å²) in [7, 11) is 0. The molecule has 3 heterocycles. The molecule has 2 aromatic heterocycles. The fraction of sp³-hybridized carbons (Fsp3) is 0.417. The second-order valence-corrected chi connectivity index (χ2v) is 7.79. The lowest BCUT2D eigenvalue weighted by molar-refractivity contribution is 0.213. The van der Waals surface area contributed by atoms with Crippen LogP contribution in [-0.2, 0) is 6.54 Å². The summed E-state index contributed by atoms with van der Waals surface area (Å²) in [4.78, 5) is 11.8. The van der Waals surface area contributed by atoms with Gasteiger partial charge in [-0.1, -0.05) is 18.2 Å². The van der Waals surface area contributed by atoms with Crippen LogP contribution in [0.1, 0.15) is 43.0 Å². The summed E-state index contributed by atoms with van der Waals surface area (Å²) in [5, 5.41) is 6.82. The number of halogens is 1. The molecule has 1 unspecified atom stereocenters. The number of likely N-dealkylation sites (tertiary alicyclic amines) is 1. The van der Waals surface area contributed by atoms with Crippen LogP contribution < -0.4 is 10.6 Å². The molecular weight excluding hydrogens is 517 g/mol. The maximum atomic E-state index is 5.96. The Hall–Kier alpha value is -2.33. The highest BCUT2D eigenvalue weighted by molar-refractivity contribution is 14.0. The summed E-state index contributed by atoms with van der Waals surface area (Å²) in [6.45, 7) is 8.21. The van der Waals surface area contributed by atoms with Crippen molar-refractivity contribution in [1.29, 1.82) is 0 Å². The lowest BCUT2D eigenvalue weighted by Gasteiger charge is -2.26. The Kier molecular flexibility index (Phi) is 9.16. The smallest absolute Gasteiger partial charge is 0.226 e. The van der Waals surface area contributed by atoms with Crippen LogP contribution in [0.3, 0.4) is 0 Å². The van der Waals surface area contributed by atoms with E-state index in [1.165, 1.54) is 12.8 Å². The van der Waals surface area contributed by atoms with Gasteiger partial charge < -0.3 is 19.5 Å². The SMILES string of the molecule is CCNC(=NCc1coc(-c2ccccc2)n1)NCC(c1ccc(C)o1)N1CCCC1.I. The largest absolute Gasteiger partial charge is 0.465 e. The molecule has 0 saturated carbocycles. The third-order valence-corrected chi connectivity index (χ3v) is 5.45. The zero-order valence-electron chi connectivity index (χ0n) is 18.7. The van der Waals surface area contributed by atoms with Crippen LogP contribution in [0.4, 0.5) is 0 Å². The molecule has 0 amide bonds. The van der Waals surface area contributed by atoms with Gasteiger partial charge in [0.1, 0.15) is 23.5 Å². The first kappa shape index (κ1) is 24.3. The van der Waals surface area contributed by atoms with Crippen molar-refractivity contribution < 1.29 is 8.83 Å². The van der Waals surface area contributed by atoms with Gasteiger partial charge in [-0.15, -0.1) is 24.0 Å². The highest BCUT2D eigenvalue weighted by atomic mass is 127. The average Bonchev–Trinajstić information content (AvgIpc) is 3.55. The van der Waals surface area contributed by atoms with E-state index in [1.807, 2.05) is 43.3 Å². The van der Waals surface area contributed by atoms with Crippen LogP contribution in [0.25, 0.3) is 11.5 Å². The molecule has 8 heteroatoms. The second-order valence-electron chi connectivity index (χ2n) is 7.79. The first-order chi connectivity index (χ1) is 15.2.